The van der Waals surface area contributed by atoms with E-state index < -0.39 is 5.82 Å². The smallest absolute Gasteiger partial charge is 0.306 e. The summed E-state index contributed by atoms with van der Waals surface area (Å²) in [7, 11) is 0. The summed E-state index contributed by atoms with van der Waals surface area (Å²) in [6.07, 6.45) is 1.21. The number of carbonyl (C=O) groups is 3. The fraction of sp³-hybridized carbons (Fsp3) is 0.348. The molecule has 0 radical (unpaired) electrons. The SMILES string of the molecule is CCOC(=O)CCc1cc(CCC(=O)OCC)cc(C(=O)c2ccc(F)cc2)c1. The maximum atomic E-state index is 13.2. The fourth-order valence-electron chi connectivity index (χ4n) is 2.91. The highest BCUT2D eigenvalue weighted by Crippen LogP contribution is 2.18. The molecule has 2 aromatic carbocycles. The van der Waals surface area contributed by atoms with E-state index in [1.807, 2.05) is 6.07 Å². The van der Waals surface area contributed by atoms with Crippen molar-refractivity contribution in [3.8, 4) is 0 Å². The van der Waals surface area contributed by atoms with Crippen molar-refractivity contribution in [1.82, 2.24) is 0 Å². The lowest BCUT2D eigenvalue weighted by molar-refractivity contribution is -0.143. The zero-order valence-corrected chi connectivity index (χ0v) is 16.7. The molecule has 0 bridgehead atoms. The molecule has 0 saturated carbocycles. The highest BCUT2D eigenvalue weighted by Gasteiger charge is 2.14. The summed E-state index contributed by atoms with van der Waals surface area (Å²) in [5.41, 5.74) is 2.39. The fourth-order valence-corrected chi connectivity index (χ4v) is 2.91. The summed E-state index contributed by atoms with van der Waals surface area (Å²) in [5, 5.41) is 0. The highest BCUT2D eigenvalue weighted by molar-refractivity contribution is 6.09. The summed E-state index contributed by atoms with van der Waals surface area (Å²) in [6.45, 7) is 4.11. The third kappa shape index (κ3) is 7.14. The molecule has 29 heavy (non-hydrogen) atoms. The molecule has 0 spiro atoms. The van der Waals surface area contributed by atoms with Gasteiger partial charge < -0.3 is 9.47 Å². The summed E-state index contributed by atoms with van der Waals surface area (Å²) in [6, 6.07) is 10.7. The van der Waals surface area contributed by atoms with E-state index in [1.165, 1.54) is 24.3 Å². The van der Waals surface area contributed by atoms with Crippen LogP contribution in [0.2, 0.25) is 0 Å². The van der Waals surface area contributed by atoms with Gasteiger partial charge in [0.05, 0.1) is 13.2 Å². The standard InChI is InChI=1S/C23H25FO5/c1-3-28-21(25)11-5-16-13-17(6-12-22(26)29-4-2)15-19(14-16)23(27)18-7-9-20(24)10-8-18/h7-10,13-15H,3-6,11-12H2,1-2H3. The van der Waals surface area contributed by atoms with Gasteiger partial charge in [-0.1, -0.05) is 6.07 Å². The Morgan fingerprint density at radius 1 is 0.759 bits per heavy atom. The van der Waals surface area contributed by atoms with E-state index in [-0.39, 0.29) is 30.6 Å². The molecule has 5 nitrogen and oxygen atoms in total. The Hall–Kier alpha value is -3.02. The number of hydrogen-bond donors (Lipinski definition) is 0. The molecule has 6 heteroatoms. The minimum atomic E-state index is -0.417. The number of esters is 2. The van der Waals surface area contributed by atoms with Crippen molar-refractivity contribution < 1.29 is 28.2 Å². The van der Waals surface area contributed by atoms with Crippen LogP contribution in [0.3, 0.4) is 0 Å². The molecular weight excluding hydrogens is 375 g/mol. The largest absolute Gasteiger partial charge is 0.466 e. The van der Waals surface area contributed by atoms with E-state index in [0.717, 1.165) is 11.1 Å². The van der Waals surface area contributed by atoms with E-state index >= 15 is 0 Å². The molecule has 0 fully saturated rings. The normalized spacial score (nSPS) is 10.4. The second-order valence-electron chi connectivity index (χ2n) is 6.48. The number of aryl methyl sites for hydroxylation is 2. The number of ether oxygens (including phenoxy) is 2. The van der Waals surface area contributed by atoms with E-state index in [9.17, 15) is 18.8 Å². The number of carbonyl (C=O) groups excluding carboxylic acids is 3. The number of benzene rings is 2. The van der Waals surface area contributed by atoms with Gasteiger partial charge in [-0.25, -0.2) is 4.39 Å². The van der Waals surface area contributed by atoms with E-state index in [4.69, 9.17) is 9.47 Å². The van der Waals surface area contributed by atoms with Crippen LogP contribution in [0.1, 0.15) is 53.7 Å². The quantitative estimate of drug-likeness (QED) is 0.445. The monoisotopic (exact) mass is 400 g/mol. The summed E-state index contributed by atoms with van der Waals surface area (Å²) in [4.78, 5) is 36.2. The van der Waals surface area contributed by atoms with Crippen LogP contribution in [0.5, 0.6) is 0 Å². The van der Waals surface area contributed by atoms with Gasteiger partial charge in [0.1, 0.15) is 5.82 Å². The predicted octanol–water partition coefficient (Wildman–Crippen LogP) is 4.05. The molecule has 0 aliphatic heterocycles. The van der Waals surface area contributed by atoms with Crippen molar-refractivity contribution in [2.24, 2.45) is 0 Å². The zero-order valence-electron chi connectivity index (χ0n) is 16.7. The van der Waals surface area contributed by atoms with Crippen LogP contribution in [0.15, 0.2) is 42.5 Å². The van der Waals surface area contributed by atoms with Gasteiger partial charge in [-0.3, -0.25) is 14.4 Å². The molecule has 0 unspecified atom stereocenters. The maximum Gasteiger partial charge on any atom is 0.306 e. The number of ketones is 1. The van der Waals surface area contributed by atoms with Gasteiger partial charge >= 0.3 is 11.9 Å². The molecular formula is C23H25FO5. The second kappa shape index (κ2) is 11.1. The maximum absolute atomic E-state index is 13.2. The van der Waals surface area contributed by atoms with Crippen molar-refractivity contribution in [2.75, 3.05) is 13.2 Å². The summed E-state index contributed by atoms with van der Waals surface area (Å²) < 4.78 is 23.1. The molecule has 0 amide bonds. The first-order valence-corrected chi connectivity index (χ1v) is 9.67. The van der Waals surface area contributed by atoms with Crippen molar-refractivity contribution in [3.63, 3.8) is 0 Å². The molecule has 0 aliphatic carbocycles. The highest BCUT2D eigenvalue weighted by atomic mass is 19.1. The van der Waals surface area contributed by atoms with Gasteiger partial charge in [-0.05, 0) is 74.2 Å². The molecule has 0 atom stereocenters. The number of rotatable bonds is 10. The van der Waals surface area contributed by atoms with Crippen molar-refractivity contribution in [3.05, 3.63) is 70.5 Å². The van der Waals surface area contributed by atoms with Gasteiger partial charge in [0.25, 0.3) is 0 Å². The Kier molecular flexibility index (Phi) is 8.52. The summed E-state index contributed by atoms with van der Waals surface area (Å²) in [5.74, 6) is -1.29. The second-order valence-corrected chi connectivity index (χ2v) is 6.48. The minimum Gasteiger partial charge on any atom is -0.466 e. The average molecular weight is 400 g/mol. The molecule has 0 aliphatic rings. The molecule has 2 aromatic rings. The lowest BCUT2D eigenvalue weighted by Crippen LogP contribution is -2.09. The molecule has 0 saturated heterocycles. The average Bonchev–Trinajstić information content (AvgIpc) is 2.71. The van der Waals surface area contributed by atoms with Gasteiger partial charge in [-0.2, -0.15) is 0 Å². The zero-order chi connectivity index (χ0) is 21.2. The third-order valence-corrected chi connectivity index (χ3v) is 4.27. The first-order chi connectivity index (χ1) is 13.9. The Balaban J connectivity index is 2.25. The Morgan fingerprint density at radius 3 is 1.69 bits per heavy atom. The van der Waals surface area contributed by atoms with Crippen LogP contribution in [-0.4, -0.2) is 30.9 Å². The van der Waals surface area contributed by atoms with Gasteiger partial charge in [0.15, 0.2) is 5.78 Å². The molecule has 0 heterocycles. The molecule has 0 N–H and O–H groups in total. The van der Waals surface area contributed by atoms with Gasteiger partial charge in [0, 0.05) is 24.0 Å². The minimum absolute atomic E-state index is 0.194. The van der Waals surface area contributed by atoms with Crippen LogP contribution in [0, 0.1) is 5.82 Å². The van der Waals surface area contributed by atoms with Crippen molar-refractivity contribution in [1.29, 1.82) is 0 Å². The summed E-state index contributed by atoms with van der Waals surface area (Å²) >= 11 is 0. The third-order valence-electron chi connectivity index (χ3n) is 4.27. The predicted molar refractivity (Wildman–Crippen MR) is 106 cm³/mol. The molecule has 154 valence electrons. The van der Waals surface area contributed by atoms with Gasteiger partial charge in [-0.15, -0.1) is 0 Å². The topological polar surface area (TPSA) is 69.7 Å². The van der Waals surface area contributed by atoms with Crippen molar-refractivity contribution >= 4 is 17.7 Å². The lowest BCUT2D eigenvalue weighted by atomic mass is 9.95. The Bertz CT molecular complexity index is 818. The van der Waals surface area contributed by atoms with Crippen LogP contribution >= 0.6 is 0 Å². The van der Waals surface area contributed by atoms with E-state index in [0.29, 0.717) is 37.2 Å². The van der Waals surface area contributed by atoms with Crippen molar-refractivity contribution in [2.45, 2.75) is 39.5 Å². The Labute approximate surface area is 169 Å². The Morgan fingerprint density at radius 2 is 1.24 bits per heavy atom. The van der Waals surface area contributed by atoms with Gasteiger partial charge in [0.2, 0.25) is 0 Å². The first kappa shape index (κ1) is 22.3. The molecule has 0 aromatic heterocycles. The lowest BCUT2D eigenvalue weighted by Gasteiger charge is -2.10. The van der Waals surface area contributed by atoms with Crippen LogP contribution in [0.4, 0.5) is 4.39 Å². The van der Waals surface area contributed by atoms with Crippen LogP contribution < -0.4 is 0 Å². The molecule has 2 rings (SSSR count). The van der Waals surface area contributed by atoms with E-state index in [2.05, 4.69) is 0 Å². The first-order valence-electron chi connectivity index (χ1n) is 9.67. The number of halogens is 1. The number of hydrogen-bond acceptors (Lipinski definition) is 5. The van der Waals surface area contributed by atoms with Crippen LogP contribution in [-0.2, 0) is 31.9 Å². The van der Waals surface area contributed by atoms with Crippen LogP contribution in [0.25, 0.3) is 0 Å². The van der Waals surface area contributed by atoms with E-state index in [1.54, 1.807) is 26.0 Å².